The van der Waals surface area contributed by atoms with Gasteiger partial charge in [-0.2, -0.15) is 0 Å². The van der Waals surface area contributed by atoms with Gasteiger partial charge in [0.15, 0.2) is 5.58 Å². The summed E-state index contributed by atoms with van der Waals surface area (Å²) in [6, 6.07) is 5.30. The second-order valence-corrected chi connectivity index (χ2v) is 9.92. The number of furan rings is 1. The molecule has 0 aliphatic rings. The van der Waals surface area contributed by atoms with Crippen LogP contribution >= 0.6 is 0 Å². The van der Waals surface area contributed by atoms with Crippen LogP contribution in [0.3, 0.4) is 0 Å². The van der Waals surface area contributed by atoms with E-state index in [9.17, 15) is 4.79 Å². The molecule has 2 aromatic rings. The molecule has 0 saturated carbocycles. The van der Waals surface area contributed by atoms with Crippen molar-refractivity contribution in [2.24, 2.45) is 0 Å². The number of rotatable bonds is 2. The number of carbonyl (C=O) groups excluding carboxylic acids is 1. The standard InChI is InChI=1S/C12H15NO3Si/c1-15-12(14)8-5-6-10-9(13-8)7-11(16-10)17(2,3)4/h5-7H,1-4H3. The fourth-order valence-corrected chi connectivity index (χ4v) is 2.50. The van der Waals surface area contributed by atoms with Crippen LogP contribution in [0.5, 0.6) is 0 Å². The topological polar surface area (TPSA) is 52.3 Å². The Hall–Kier alpha value is -1.62. The lowest BCUT2D eigenvalue weighted by molar-refractivity contribution is 0.0594. The maximum atomic E-state index is 11.4. The van der Waals surface area contributed by atoms with Gasteiger partial charge in [-0.05, 0) is 12.1 Å². The van der Waals surface area contributed by atoms with Crippen LogP contribution < -0.4 is 5.38 Å². The number of fused-ring (bicyclic) bond motifs is 1. The Kier molecular flexibility index (Phi) is 2.78. The summed E-state index contributed by atoms with van der Waals surface area (Å²) in [4.78, 5) is 15.6. The number of hydrogen-bond acceptors (Lipinski definition) is 4. The Morgan fingerprint density at radius 1 is 1.35 bits per heavy atom. The largest absolute Gasteiger partial charge is 0.465 e. The monoisotopic (exact) mass is 249 g/mol. The van der Waals surface area contributed by atoms with Crippen molar-refractivity contribution in [3.05, 3.63) is 23.9 Å². The Labute approximate surface area is 101 Å². The molecule has 0 aromatic carbocycles. The molecule has 0 saturated heterocycles. The zero-order valence-corrected chi connectivity index (χ0v) is 11.4. The molecule has 0 N–H and O–H groups in total. The molecule has 17 heavy (non-hydrogen) atoms. The maximum absolute atomic E-state index is 11.4. The van der Waals surface area contributed by atoms with Gasteiger partial charge in [-0.1, -0.05) is 19.6 Å². The third kappa shape index (κ3) is 2.24. The lowest BCUT2D eigenvalue weighted by Crippen LogP contribution is -2.36. The van der Waals surface area contributed by atoms with Gasteiger partial charge in [0.25, 0.3) is 0 Å². The fourth-order valence-electron chi connectivity index (χ4n) is 1.51. The molecule has 0 spiro atoms. The molecule has 0 unspecified atom stereocenters. The van der Waals surface area contributed by atoms with Gasteiger partial charge in [0.05, 0.1) is 12.5 Å². The highest BCUT2D eigenvalue weighted by Crippen LogP contribution is 2.16. The molecule has 90 valence electrons. The Morgan fingerprint density at radius 2 is 2.06 bits per heavy atom. The van der Waals surface area contributed by atoms with Crippen LogP contribution in [-0.4, -0.2) is 26.1 Å². The van der Waals surface area contributed by atoms with Crippen molar-refractivity contribution < 1.29 is 13.9 Å². The molecule has 0 fully saturated rings. The summed E-state index contributed by atoms with van der Waals surface area (Å²) < 4.78 is 10.4. The highest BCUT2D eigenvalue weighted by atomic mass is 28.3. The molecule has 0 atom stereocenters. The van der Waals surface area contributed by atoms with E-state index in [4.69, 9.17) is 4.42 Å². The van der Waals surface area contributed by atoms with Crippen LogP contribution in [0.25, 0.3) is 11.1 Å². The van der Waals surface area contributed by atoms with E-state index in [0.29, 0.717) is 11.2 Å². The summed E-state index contributed by atoms with van der Waals surface area (Å²) >= 11 is 0. The summed E-state index contributed by atoms with van der Waals surface area (Å²) in [6.45, 7) is 6.60. The van der Waals surface area contributed by atoms with E-state index in [1.165, 1.54) is 7.11 Å². The number of ether oxygens (including phenoxy) is 1. The first-order valence-corrected chi connectivity index (χ1v) is 8.91. The van der Waals surface area contributed by atoms with Crippen molar-refractivity contribution >= 4 is 30.5 Å². The summed E-state index contributed by atoms with van der Waals surface area (Å²) in [5.41, 5.74) is 1.74. The average Bonchev–Trinajstić information content (AvgIpc) is 2.70. The van der Waals surface area contributed by atoms with E-state index in [1.807, 2.05) is 6.07 Å². The summed E-state index contributed by atoms with van der Waals surface area (Å²) in [6.07, 6.45) is 0. The smallest absolute Gasteiger partial charge is 0.356 e. The number of carbonyl (C=O) groups is 1. The zero-order valence-electron chi connectivity index (χ0n) is 10.4. The van der Waals surface area contributed by atoms with Crippen LogP contribution in [0.1, 0.15) is 10.5 Å². The molecular formula is C12H15NO3Si. The van der Waals surface area contributed by atoms with Gasteiger partial charge in [-0.3, -0.25) is 0 Å². The normalized spacial score (nSPS) is 11.8. The number of hydrogen-bond donors (Lipinski definition) is 0. The summed E-state index contributed by atoms with van der Waals surface area (Å²) in [5.74, 6) is -0.428. The van der Waals surface area contributed by atoms with Crippen LogP contribution in [0.4, 0.5) is 0 Å². The molecule has 0 aliphatic heterocycles. The zero-order chi connectivity index (χ0) is 12.6. The molecule has 4 nitrogen and oxygen atoms in total. The number of aromatic nitrogens is 1. The first-order valence-electron chi connectivity index (χ1n) is 5.41. The maximum Gasteiger partial charge on any atom is 0.356 e. The quantitative estimate of drug-likeness (QED) is 0.604. The Balaban J connectivity index is 2.52. The van der Waals surface area contributed by atoms with Crippen molar-refractivity contribution in [3.8, 4) is 0 Å². The van der Waals surface area contributed by atoms with Gasteiger partial charge in [0, 0.05) is 6.07 Å². The van der Waals surface area contributed by atoms with E-state index in [1.54, 1.807) is 12.1 Å². The van der Waals surface area contributed by atoms with Crippen molar-refractivity contribution in [1.82, 2.24) is 4.98 Å². The van der Waals surface area contributed by atoms with Crippen molar-refractivity contribution in [3.63, 3.8) is 0 Å². The first-order chi connectivity index (χ1) is 7.91. The molecule has 2 heterocycles. The van der Waals surface area contributed by atoms with Crippen LogP contribution in [0, 0.1) is 0 Å². The molecular weight excluding hydrogens is 234 g/mol. The minimum Gasteiger partial charge on any atom is -0.465 e. The summed E-state index contributed by atoms with van der Waals surface area (Å²) in [7, 11) is -0.148. The van der Waals surface area contributed by atoms with Gasteiger partial charge in [-0.25, -0.2) is 9.78 Å². The van der Waals surface area contributed by atoms with Gasteiger partial charge in [-0.15, -0.1) is 0 Å². The van der Waals surface area contributed by atoms with E-state index in [2.05, 4.69) is 29.4 Å². The molecule has 0 aliphatic carbocycles. The second kappa shape index (κ2) is 3.99. The van der Waals surface area contributed by atoms with Crippen LogP contribution in [-0.2, 0) is 4.74 Å². The number of esters is 1. The third-order valence-corrected chi connectivity index (χ3v) is 4.23. The lowest BCUT2D eigenvalue weighted by atomic mass is 10.3. The average molecular weight is 249 g/mol. The lowest BCUT2D eigenvalue weighted by Gasteiger charge is -2.10. The number of pyridine rings is 1. The van der Waals surface area contributed by atoms with Crippen LogP contribution in [0.2, 0.25) is 19.6 Å². The van der Waals surface area contributed by atoms with Crippen molar-refractivity contribution in [1.29, 1.82) is 0 Å². The predicted molar refractivity (Wildman–Crippen MR) is 68.3 cm³/mol. The summed E-state index contributed by atoms with van der Waals surface area (Å²) in [5, 5.41) is 0.988. The molecule has 2 rings (SSSR count). The minimum atomic E-state index is -1.49. The van der Waals surface area contributed by atoms with Crippen molar-refractivity contribution in [2.75, 3.05) is 7.11 Å². The molecule has 5 heteroatoms. The highest BCUT2D eigenvalue weighted by Gasteiger charge is 2.22. The molecule has 2 aromatic heterocycles. The van der Waals surface area contributed by atoms with Crippen molar-refractivity contribution in [2.45, 2.75) is 19.6 Å². The number of methoxy groups -OCH3 is 1. The predicted octanol–water partition coefficient (Wildman–Crippen LogP) is 2.16. The van der Waals surface area contributed by atoms with Gasteiger partial charge in [0.2, 0.25) is 0 Å². The van der Waals surface area contributed by atoms with E-state index >= 15 is 0 Å². The van der Waals surface area contributed by atoms with E-state index in [-0.39, 0.29) is 0 Å². The third-order valence-electron chi connectivity index (χ3n) is 2.51. The minimum absolute atomic E-state index is 0.308. The fraction of sp³-hybridized carbons (Fsp3) is 0.333. The molecule has 0 radical (unpaired) electrons. The van der Waals surface area contributed by atoms with E-state index < -0.39 is 14.0 Å². The first kappa shape index (κ1) is 11.9. The van der Waals surface area contributed by atoms with Gasteiger partial charge >= 0.3 is 5.97 Å². The van der Waals surface area contributed by atoms with Crippen LogP contribution in [0.15, 0.2) is 22.6 Å². The SMILES string of the molecule is COC(=O)c1ccc2oc([Si](C)(C)C)cc2n1. The second-order valence-electron chi connectivity index (χ2n) is 4.93. The molecule has 0 amide bonds. The Morgan fingerprint density at radius 3 is 2.65 bits per heavy atom. The Bertz CT molecular complexity index is 569. The number of nitrogens with zero attached hydrogens (tertiary/aromatic N) is 1. The highest BCUT2D eigenvalue weighted by molar-refractivity contribution is 6.87. The van der Waals surface area contributed by atoms with Gasteiger partial charge in [0.1, 0.15) is 19.3 Å². The van der Waals surface area contributed by atoms with E-state index in [0.717, 1.165) is 11.0 Å². The van der Waals surface area contributed by atoms with Gasteiger partial charge < -0.3 is 9.15 Å². The molecule has 0 bridgehead atoms.